The average molecular weight is 346 g/mol. The minimum absolute atomic E-state index is 0.131. The molecule has 8 heteroatoms. The Morgan fingerprint density at radius 1 is 1.52 bits per heavy atom. The summed E-state index contributed by atoms with van der Waals surface area (Å²) in [6.07, 6.45) is 3.34. The maximum Gasteiger partial charge on any atom is 0.191 e. The number of rotatable bonds is 5. The molecular weight excluding hydrogens is 323 g/mol. The number of nitrogens with zero attached hydrogens (tertiary/aromatic N) is 4. The number of hydrogen-bond acceptors (Lipinski definition) is 4. The summed E-state index contributed by atoms with van der Waals surface area (Å²) in [7, 11) is 1.73. The standard InChI is InChI=1S/C17H23FN6O/c1-12(25-15-5-3-4-13(18)8-15)9-20-17(19-2)23-14-6-7-16-21-11-22-24(16)10-14/h3-5,8,11-12,14H,6-7,9-10H2,1-2H3,(H2,19,20,23). The molecule has 0 spiro atoms. The van der Waals surface area contributed by atoms with Crippen molar-refractivity contribution in [2.45, 2.75) is 38.5 Å². The summed E-state index contributed by atoms with van der Waals surface area (Å²) in [5.41, 5.74) is 0. The van der Waals surface area contributed by atoms with Crippen molar-refractivity contribution >= 4 is 5.96 Å². The highest BCUT2D eigenvalue weighted by atomic mass is 19.1. The second-order valence-corrected chi connectivity index (χ2v) is 6.08. The number of halogens is 1. The van der Waals surface area contributed by atoms with Gasteiger partial charge in [0.25, 0.3) is 0 Å². The third kappa shape index (κ3) is 4.68. The van der Waals surface area contributed by atoms with Crippen LogP contribution < -0.4 is 15.4 Å². The molecule has 0 bridgehead atoms. The van der Waals surface area contributed by atoms with E-state index in [1.165, 1.54) is 12.1 Å². The molecule has 25 heavy (non-hydrogen) atoms. The number of nitrogens with one attached hydrogen (secondary N) is 2. The van der Waals surface area contributed by atoms with Crippen LogP contribution in [-0.4, -0.2) is 46.5 Å². The van der Waals surface area contributed by atoms with E-state index in [-0.39, 0.29) is 18.0 Å². The van der Waals surface area contributed by atoms with Crippen LogP contribution in [0.25, 0.3) is 0 Å². The second-order valence-electron chi connectivity index (χ2n) is 6.08. The lowest BCUT2D eigenvalue weighted by molar-refractivity contribution is 0.222. The number of aliphatic imine (C=N–C) groups is 1. The highest BCUT2D eigenvalue weighted by Crippen LogP contribution is 2.14. The highest BCUT2D eigenvalue weighted by Gasteiger charge is 2.20. The van der Waals surface area contributed by atoms with Crippen molar-refractivity contribution in [1.29, 1.82) is 0 Å². The van der Waals surface area contributed by atoms with Gasteiger partial charge in [-0.15, -0.1) is 0 Å². The lowest BCUT2D eigenvalue weighted by Gasteiger charge is -2.26. The van der Waals surface area contributed by atoms with Gasteiger partial charge in [0.05, 0.1) is 13.1 Å². The van der Waals surface area contributed by atoms with Gasteiger partial charge in [-0.25, -0.2) is 14.1 Å². The van der Waals surface area contributed by atoms with Gasteiger partial charge in [-0.1, -0.05) is 6.07 Å². The molecule has 0 saturated carbocycles. The van der Waals surface area contributed by atoms with E-state index in [1.807, 2.05) is 11.6 Å². The first-order valence-electron chi connectivity index (χ1n) is 8.40. The van der Waals surface area contributed by atoms with Crippen LogP contribution in [-0.2, 0) is 13.0 Å². The van der Waals surface area contributed by atoms with Crippen LogP contribution in [0.15, 0.2) is 35.6 Å². The molecule has 2 heterocycles. The summed E-state index contributed by atoms with van der Waals surface area (Å²) in [5.74, 6) is 1.95. The molecule has 0 saturated heterocycles. The fourth-order valence-electron chi connectivity index (χ4n) is 2.80. The maximum atomic E-state index is 13.2. The van der Waals surface area contributed by atoms with E-state index in [4.69, 9.17) is 4.74 Å². The SMILES string of the molecule is CN=C(NCC(C)Oc1cccc(F)c1)NC1CCc2ncnn2C1. The number of hydrogen-bond donors (Lipinski definition) is 2. The molecule has 1 aliphatic heterocycles. The van der Waals surface area contributed by atoms with Crippen LogP contribution in [0.1, 0.15) is 19.2 Å². The summed E-state index contributed by atoms with van der Waals surface area (Å²) in [4.78, 5) is 8.48. The van der Waals surface area contributed by atoms with Crippen molar-refractivity contribution in [3.63, 3.8) is 0 Å². The maximum absolute atomic E-state index is 13.2. The van der Waals surface area contributed by atoms with E-state index in [1.54, 1.807) is 25.5 Å². The van der Waals surface area contributed by atoms with Crippen LogP contribution in [0.3, 0.4) is 0 Å². The number of fused-ring (bicyclic) bond motifs is 1. The van der Waals surface area contributed by atoms with Crippen molar-refractivity contribution in [3.8, 4) is 5.75 Å². The average Bonchev–Trinajstić information content (AvgIpc) is 3.06. The van der Waals surface area contributed by atoms with Crippen molar-refractivity contribution < 1.29 is 9.13 Å². The monoisotopic (exact) mass is 346 g/mol. The fraction of sp³-hybridized carbons (Fsp3) is 0.471. The van der Waals surface area contributed by atoms with Crippen molar-refractivity contribution in [2.24, 2.45) is 4.99 Å². The first kappa shape index (κ1) is 17.2. The Morgan fingerprint density at radius 2 is 2.40 bits per heavy atom. The van der Waals surface area contributed by atoms with Gasteiger partial charge in [-0.2, -0.15) is 5.10 Å². The zero-order chi connectivity index (χ0) is 17.6. The molecule has 2 N–H and O–H groups in total. The van der Waals surface area contributed by atoms with Crippen LogP contribution >= 0.6 is 0 Å². The number of guanidine groups is 1. The van der Waals surface area contributed by atoms with Crippen molar-refractivity contribution in [3.05, 3.63) is 42.2 Å². The van der Waals surface area contributed by atoms with Crippen molar-refractivity contribution in [2.75, 3.05) is 13.6 Å². The molecule has 1 aromatic heterocycles. The predicted molar refractivity (Wildman–Crippen MR) is 93.1 cm³/mol. The Kier molecular flexibility index (Phi) is 5.47. The summed E-state index contributed by atoms with van der Waals surface area (Å²) >= 11 is 0. The second kappa shape index (κ2) is 7.96. The van der Waals surface area contributed by atoms with Gasteiger partial charge < -0.3 is 15.4 Å². The van der Waals surface area contributed by atoms with E-state index >= 15 is 0 Å². The minimum Gasteiger partial charge on any atom is -0.489 e. The lowest BCUT2D eigenvalue weighted by atomic mass is 10.1. The third-order valence-electron chi connectivity index (χ3n) is 4.06. The molecule has 0 aliphatic carbocycles. The number of ether oxygens (including phenoxy) is 1. The molecular formula is C17H23FN6O. The Bertz CT molecular complexity index is 731. The van der Waals surface area contributed by atoms with Gasteiger partial charge in [-0.05, 0) is 25.5 Å². The molecule has 1 aromatic carbocycles. The van der Waals surface area contributed by atoms with E-state index in [0.717, 1.165) is 25.2 Å². The van der Waals surface area contributed by atoms with Crippen molar-refractivity contribution in [1.82, 2.24) is 25.4 Å². The van der Waals surface area contributed by atoms with Crippen LogP contribution in [0, 0.1) is 5.82 Å². The first-order chi connectivity index (χ1) is 12.1. The van der Waals surface area contributed by atoms with Gasteiger partial charge >= 0.3 is 0 Å². The Balaban J connectivity index is 1.46. The smallest absolute Gasteiger partial charge is 0.191 e. The summed E-state index contributed by atoms with van der Waals surface area (Å²) in [6.45, 7) is 3.25. The van der Waals surface area contributed by atoms with Gasteiger partial charge in [0.1, 0.15) is 29.8 Å². The third-order valence-corrected chi connectivity index (χ3v) is 4.06. The topological polar surface area (TPSA) is 76.4 Å². The normalized spacial score (nSPS) is 18.4. The zero-order valence-electron chi connectivity index (χ0n) is 14.4. The molecule has 2 atom stereocenters. The highest BCUT2D eigenvalue weighted by molar-refractivity contribution is 5.80. The molecule has 2 aromatic rings. The summed E-state index contributed by atoms with van der Waals surface area (Å²) in [5, 5.41) is 10.9. The van der Waals surface area contributed by atoms with Crippen LogP contribution in [0.5, 0.6) is 5.75 Å². The molecule has 1 aliphatic rings. The lowest BCUT2D eigenvalue weighted by Crippen LogP contribution is -2.48. The first-order valence-corrected chi connectivity index (χ1v) is 8.40. The van der Waals surface area contributed by atoms with Gasteiger partial charge in [-0.3, -0.25) is 4.99 Å². The molecule has 0 fully saturated rings. The van der Waals surface area contributed by atoms with E-state index in [2.05, 4.69) is 25.7 Å². The Labute approximate surface area is 146 Å². The number of aromatic nitrogens is 3. The predicted octanol–water partition coefficient (Wildman–Crippen LogP) is 1.36. The van der Waals surface area contributed by atoms with Crippen LogP contribution in [0.2, 0.25) is 0 Å². The molecule has 3 rings (SSSR count). The number of aryl methyl sites for hydroxylation is 1. The van der Waals surface area contributed by atoms with Crippen LogP contribution in [0.4, 0.5) is 4.39 Å². The molecule has 134 valence electrons. The Morgan fingerprint density at radius 3 is 3.20 bits per heavy atom. The Hall–Kier alpha value is -2.64. The van der Waals surface area contributed by atoms with Gasteiger partial charge in [0, 0.05) is 25.6 Å². The molecule has 0 amide bonds. The van der Waals surface area contributed by atoms with E-state index < -0.39 is 0 Å². The fourth-order valence-corrected chi connectivity index (χ4v) is 2.80. The van der Waals surface area contributed by atoms with E-state index in [9.17, 15) is 4.39 Å². The summed E-state index contributed by atoms with van der Waals surface area (Å²) < 4.78 is 20.8. The zero-order valence-corrected chi connectivity index (χ0v) is 14.4. The minimum atomic E-state index is -0.306. The quantitative estimate of drug-likeness (QED) is 0.632. The van der Waals surface area contributed by atoms with E-state index in [0.29, 0.717) is 18.3 Å². The molecule has 7 nitrogen and oxygen atoms in total. The van der Waals surface area contributed by atoms with Gasteiger partial charge in [0.2, 0.25) is 0 Å². The molecule has 2 unspecified atom stereocenters. The summed E-state index contributed by atoms with van der Waals surface area (Å²) in [6, 6.07) is 6.39. The number of benzene rings is 1. The van der Waals surface area contributed by atoms with Gasteiger partial charge in [0.15, 0.2) is 5.96 Å². The molecule has 0 radical (unpaired) electrons. The largest absolute Gasteiger partial charge is 0.489 e.